The van der Waals surface area contributed by atoms with Crippen LogP contribution in [0.25, 0.3) is 0 Å². The molecule has 4 nitrogen and oxygen atoms in total. The van der Waals surface area contributed by atoms with Gasteiger partial charge >= 0.3 is 0 Å². The number of aromatic nitrogens is 2. The number of ether oxygens (including phenoxy) is 1. The number of rotatable bonds is 4. The molecule has 2 rings (SSSR count). The maximum Gasteiger partial charge on any atom is 0.0534 e. The molecule has 0 radical (unpaired) electrons. The van der Waals surface area contributed by atoms with Gasteiger partial charge in [-0.05, 0) is 18.9 Å². The second kappa shape index (κ2) is 5.12. The molecule has 1 saturated heterocycles. The van der Waals surface area contributed by atoms with Crippen molar-refractivity contribution in [3.05, 3.63) is 18.5 Å². The van der Waals surface area contributed by atoms with E-state index in [1.54, 1.807) is 0 Å². The SMILES string of the molecule is c1cnn(CCNC2CCOCC2)c1. The van der Waals surface area contributed by atoms with E-state index in [2.05, 4.69) is 10.4 Å². The Bertz CT molecular complexity index is 242. The van der Waals surface area contributed by atoms with E-state index < -0.39 is 0 Å². The molecule has 0 aliphatic carbocycles. The van der Waals surface area contributed by atoms with Gasteiger partial charge in [-0.15, -0.1) is 0 Å². The highest BCUT2D eigenvalue weighted by Gasteiger charge is 2.11. The van der Waals surface area contributed by atoms with Crippen LogP contribution in [0.3, 0.4) is 0 Å². The van der Waals surface area contributed by atoms with E-state index in [1.165, 1.54) is 0 Å². The Morgan fingerprint density at radius 3 is 3.00 bits per heavy atom. The summed E-state index contributed by atoms with van der Waals surface area (Å²) in [7, 11) is 0. The topological polar surface area (TPSA) is 39.1 Å². The Kier molecular flexibility index (Phi) is 3.54. The van der Waals surface area contributed by atoms with Gasteiger partial charge in [-0.3, -0.25) is 4.68 Å². The zero-order chi connectivity index (χ0) is 9.64. The van der Waals surface area contributed by atoms with Crippen LogP contribution in [0.1, 0.15) is 12.8 Å². The van der Waals surface area contributed by atoms with Crippen molar-refractivity contribution in [2.45, 2.75) is 25.4 Å². The molecule has 1 aliphatic rings. The smallest absolute Gasteiger partial charge is 0.0534 e. The van der Waals surface area contributed by atoms with E-state index in [0.29, 0.717) is 6.04 Å². The largest absolute Gasteiger partial charge is 0.381 e. The summed E-state index contributed by atoms with van der Waals surface area (Å²) in [5, 5.41) is 7.67. The quantitative estimate of drug-likeness (QED) is 0.766. The fourth-order valence-electron chi connectivity index (χ4n) is 1.72. The maximum absolute atomic E-state index is 5.29. The van der Waals surface area contributed by atoms with Gasteiger partial charge in [0.2, 0.25) is 0 Å². The number of nitrogens with one attached hydrogen (secondary N) is 1. The monoisotopic (exact) mass is 195 g/mol. The van der Waals surface area contributed by atoms with Gasteiger partial charge in [-0.1, -0.05) is 0 Å². The molecule has 1 aromatic rings. The third-order valence-corrected chi connectivity index (χ3v) is 2.55. The van der Waals surface area contributed by atoms with Crippen LogP contribution >= 0.6 is 0 Å². The average Bonchev–Trinajstić information content (AvgIpc) is 2.72. The Labute approximate surface area is 84.3 Å². The van der Waals surface area contributed by atoms with Crippen molar-refractivity contribution >= 4 is 0 Å². The van der Waals surface area contributed by atoms with Crippen LogP contribution in [0.4, 0.5) is 0 Å². The van der Waals surface area contributed by atoms with Crippen molar-refractivity contribution < 1.29 is 4.74 Å². The highest BCUT2D eigenvalue weighted by Crippen LogP contribution is 2.05. The van der Waals surface area contributed by atoms with E-state index in [0.717, 1.165) is 39.1 Å². The summed E-state index contributed by atoms with van der Waals surface area (Å²) >= 11 is 0. The molecule has 78 valence electrons. The van der Waals surface area contributed by atoms with Gasteiger partial charge in [0.05, 0.1) is 6.54 Å². The third kappa shape index (κ3) is 2.82. The summed E-state index contributed by atoms with van der Waals surface area (Å²) in [6, 6.07) is 2.59. The van der Waals surface area contributed by atoms with E-state index in [-0.39, 0.29) is 0 Å². The number of hydrogen-bond acceptors (Lipinski definition) is 3. The van der Waals surface area contributed by atoms with Crippen LogP contribution in [0, 0.1) is 0 Å². The summed E-state index contributed by atoms with van der Waals surface area (Å²) in [4.78, 5) is 0. The Morgan fingerprint density at radius 1 is 1.43 bits per heavy atom. The first kappa shape index (κ1) is 9.68. The zero-order valence-corrected chi connectivity index (χ0v) is 8.35. The molecule has 4 heteroatoms. The lowest BCUT2D eigenvalue weighted by Gasteiger charge is -2.23. The molecule has 1 aromatic heterocycles. The molecule has 0 amide bonds. The summed E-state index contributed by atoms with van der Waals surface area (Å²) in [6.07, 6.45) is 6.08. The molecule has 1 fully saturated rings. The fourth-order valence-corrected chi connectivity index (χ4v) is 1.72. The van der Waals surface area contributed by atoms with Crippen LogP contribution in [-0.4, -0.2) is 35.6 Å². The van der Waals surface area contributed by atoms with Gasteiger partial charge in [0.15, 0.2) is 0 Å². The van der Waals surface area contributed by atoms with Gasteiger partial charge in [0.25, 0.3) is 0 Å². The van der Waals surface area contributed by atoms with E-state index in [4.69, 9.17) is 4.74 Å². The fraction of sp³-hybridized carbons (Fsp3) is 0.700. The lowest BCUT2D eigenvalue weighted by atomic mass is 10.1. The zero-order valence-electron chi connectivity index (χ0n) is 8.35. The van der Waals surface area contributed by atoms with Gasteiger partial charge in [0.1, 0.15) is 0 Å². The van der Waals surface area contributed by atoms with Crippen LogP contribution < -0.4 is 5.32 Å². The predicted molar refractivity (Wildman–Crippen MR) is 54.1 cm³/mol. The Hall–Kier alpha value is -0.870. The van der Waals surface area contributed by atoms with Crippen LogP contribution in [0.15, 0.2) is 18.5 Å². The molecular formula is C10H17N3O. The van der Waals surface area contributed by atoms with Crippen molar-refractivity contribution in [3.63, 3.8) is 0 Å². The van der Waals surface area contributed by atoms with Crippen molar-refractivity contribution in [2.75, 3.05) is 19.8 Å². The molecule has 0 bridgehead atoms. The second-order valence-corrected chi connectivity index (χ2v) is 3.61. The van der Waals surface area contributed by atoms with Gasteiger partial charge in [-0.2, -0.15) is 5.10 Å². The second-order valence-electron chi connectivity index (χ2n) is 3.61. The maximum atomic E-state index is 5.29. The normalized spacial score (nSPS) is 18.6. The average molecular weight is 195 g/mol. The molecule has 0 saturated carbocycles. The highest BCUT2D eigenvalue weighted by atomic mass is 16.5. The van der Waals surface area contributed by atoms with Crippen molar-refractivity contribution in [1.82, 2.24) is 15.1 Å². The minimum absolute atomic E-state index is 0.638. The lowest BCUT2D eigenvalue weighted by molar-refractivity contribution is 0.0778. The minimum atomic E-state index is 0.638. The molecule has 1 aliphatic heterocycles. The molecule has 0 spiro atoms. The first-order valence-corrected chi connectivity index (χ1v) is 5.24. The highest BCUT2D eigenvalue weighted by molar-refractivity contribution is 4.78. The van der Waals surface area contributed by atoms with Gasteiger partial charge < -0.3 is 10.1 Å². The summed E-state index contributed by atoms with van der Waals surface area (Å²) in [6.45, 7) is 3.75. The molecule has 0 unspecified atom stereocenters. The van der Waals surface area contributed by atoms with Crippen molar-refractivity contribution in [1.29, 1.82) is 0 Å². The van der Waals surface area contributed by atoms with Crippen LogP contribution in [0.2, 0.25) is 0 Å². The third-order valence-electron chi connectivity index (χ3n) is 2.55. The Balaban J connectivity index is 1.62. The lowest BCUT2D eigenvalue weighted by Crippen LogP contribution is -2.36. The summed E-state index contributed by atoms with van der Waals surface area (Å²) in [5.74, 6) is 0. The van der Waals surface area contributed by atoms with Crippen molar-refractivity contribution in [2.24, 2.45) is 0 Å². The van der Waals surface area contributed by atoms with Gasteiger partial charge in [0, 0.05) is 38.2 Å². The molecule has 2 heterocycles. The van der Waals surface area contributed by atoms with E-state index >= 15 is 0 Å². The molecule has 14 heavy (non-hydrogen) atoms. The molecule has 0 aromatic carbocycles. The first-order valence-electron chi connectivity index (χ1n) is 5.24. The standard InChI is InChI=1S/C10H17N3O/c1-4-12-13(6-1)7-5-11-10-2-8-14-9-3-10/h1,4,6,10-11H,2-3,5,7-9H2. The summed E-state index contributed by atoms with van der Waals surface area (Å²) in [5.41, 5.74) is 0. The van der Waals surface area contributed by atoms with E-state index in [9.17, 15) is 0 Å². The molecular weight excluding hydrogens is 178 g/mol. The van der Waals surface area contributed by atoms with Crippen LogP contribution in [-0.2, 0) is 11.3 Å². The van der Waals surface area contributed by atoms with Crippen LogP contribution in [0.5, 0.6) is 0 Å². The minimum Gasteiger partial charge on any atom is -0.381 e. The molecule has 0 atom stereocenters. The predicted octanol–water partition coefficient (Wildman–Crippen LogP) is 0.652. The number of hydrogen-bond donors (Lipinski definition) is 1. The summed E-state index contributed by atoms with van der Waals surface area (Å²) < 4.78 is 7.25. The van der Waals surface area contributed by atoms with Gasteiger partial charge in [-0.25, -0.2) is 0 Å². The first-order chi connectivity index (χ1) is 6.95. The molecule has 1 N–H and O–H groups in total. The Morgan fingerprint density at radius 2 is 2.29 bits per heavy atom. The number of nitrogens with zero attached hydrogens (tertiary/aromatic N) is 2. The van der Waals surface area contributed by atoms with E-state index in [1.807, 2.05) is 23.1 Å². The van der Waals surface area contributed by atoms with Crippen molar-refractivity contribution in [3.8, 4) is 0 Å².